The van der Waals surface area contributed by atoms with E-state index in [1.165, 1.54) is 5.56 Å². The number of halogens is 1. The van der Waals surface area contributed by atoms with Gasteiger partial charge in [-0.15, -0.1) is 0 Å². The molecular formula is C25H27ClN2O3. The van der Waals surface area contributed by atoms with Crippen LogP contribution in [0.2, 0.25) is 5.02 Å². The van der Waals surface area contributed by atoms with Crippen molar-refractivity contribution in [1.29, 1.82) is 0 Å². The molecule has 1 amide bonds. The molecule has 0 aliphatic carbocycles. The largest absolute Gasteiger partial charge is 0.493 e. The predicted molar refractivity (Wildman–Crippen MR) is 125 cm³/mol. The maximum atomic E-state index is 12.7. The summed E-state index contributed by atoms with van der Waals surface area (Å²) in [4.78, 5) is 14.8. The van der Waals surface area contributed by atoms with Crippen LogP contribution >= 0.6 is 11.6 Å². The molecule has 162 valence electrons. The molecule has 0 aliphatic heterocycles. The molecule has 6 heteroatoms. The molecule has 0 aromatic heterocycles. The Hall–Kier alpha value is -3.02. The number of methoxy groups -OCH3 is 1. The average molecular weight is 439 g/mol. The van der Waals surface area contributed by atoms with Crippen LogP contribution < -0.4 is 14.8 Å². The summed E-state index contributed by atoms with van der Waals surface area (Å²) in [6.45, 7) is 1.36. The zero-order chi connectivity index (χ0) is 22.2. The first-order valence-corrected chi connectivity index (χ1v) is 10.4. The molecule has 3 rings (SSSR count). The molecule has 5 nitrogen and oxygen atoms in total. The summed E-state index contributed by atoms with van der Waals surface area (Å²) < 4.78 is 11.3. The van der Waals surface area contributed by atoms with Gasteiger partial charge in [-0.3, -0.25) is 4.79 Å². The lowest BCUT2D eigenvalue weighted by molar-refractivity contribution is 0.102. The molecule has 3 aromatic carbocycles. The fourth-order valence-corrected chi connectivity index (χ4v) is 3.11. The minimum Gasteiger partial charge on any atom is -0.493 e. The van der Waals surface area contributed by atoms with E-state index in [0.29, 0.717) is 28.7 Å². The quantitative estimate of drug-likeness (QED) is 0.493. The van der Waals surface area contributed by atoms with Crippen LogP contribution in [0.1, 0.15) is 21.5 Å². The van der Waals surface area contributed by atoms with Gasteiger partial charge in [0.15, 0.2) is 11.5 Å². The van der Waals surface area contributed by atoms with Crippen LogP contribution in [-0.2, 0) is 13.0 Å². The van der Waals surface area contributed by atoms with Gasteiger partial charge >= 0.3 is 0 Å². The topological polar surface area (TPSA) is 50.8 Å². The average Bonchev–Trinajstić information content (AvgIpc) is 2.78. The van der Waals surface area contributed by atoms with Crippen molar-refractivity contribution >= 4 is 23.2 Å². The van der Waals surface area contributed by atoms with Gasteiger partial charge in [-0.1, -0.05) is 35.9 Å². The summed E-state index contributed by atoms with van der Waals surface area (Å²) in [7, 11) is 5.66. The van der Waals surface area contributed by atoms with Crippen molar-refractivity contribution in [3.8, 4) is 11.5 Å². The highest BCUT2D eigenvalue weighted by Gasteiger charge is 2.12. The van der Waals surface area contributed by atoms with E-state index in [-0.39, 0.29) is 5.91 Å². The third-order valence-corrected chi connectivity index (χ3v) is 5.04. The lowest BCUT2D eigenvalue weighted by Crippen LogP contribution is -2.15. The molecule has 0 atom stereocenters. The van der Waals surface area contributed by atoms with Crippen LogP contribution in [0.4, 0.5) is 5.69 Å². The first-order valence-electron chi connectivity index (χ1n) is 10.0. The van der Waals surface area contributed by atoms with Crippen LogP contribution in [0.15, 0.2) is 66.7 Å². The maximum absolute atomic E-state index is 12.7. The zero-order valence-electron chi connectivity index (χ0n) is 18.0. The van der Waals surface area contributed by atoms with Gasteiger partial charge in [0, 0.05) is 22.8 Å². The summed E-state index contributed by atoms with van der Waals surface area (Å²) in [6.07, 6.45) is 0.968. The fourth-order valence-electron chi connectivity index (χ4n) is 2.98. The molecule has 1 N–H and O–H groups in total. The number of likely N-dealkylation sites (N-methyl/N-ethyl adjacent to an activating group) is 1. The van der Waals surface area contributed by atoms with Gasteiger partial charge in [-0.25, -0.2) is 0 Å². The van der Waals surface area contributed by atoms with Crippen molar-refractivity contribution in [2.75, 3.05) is 33.1 Å². The monoisotopic (exact) mass is 438 g/mol. The van der Waals surface area contributed by atoms with E-state index >= 15 is 0 Å². The normalized spacial score (nSPS) is 10.7. The highest BCUT2D eigenvalue weighted by Crippen LogP contribution is 2.29. The maximum Gasteiger partial charge on any atom is 0.255 e. The molecular weight excluding hydrogens is 412 g/mol. The highest BCUT2D eigenvalue weighted by molar-refractivity contribution is 6.30. The third-order valence-electron chi connectivity index (χ3n) is 4.79. The van der Waals surface area contributed by atoms with Gasteiger partial charge in [-0.2, -0.15) is 0 Å². The van der Waals surface area contributed by atoms with Gasteiger partial charge in [0.1, 0.15) is 6.61 Å². The number of carbonyl (C=O) groups excluding carboxylic acids is 1. The summed E-state index contributed by atoms with van der Waals surface area (Å²) in [5.74, 6) is 0.864. The van der Waals surface area contributed by atoms with Crippen LogP contribution in [0.5, 0.6) is 11.5 Å². The van der Waals surface area contributed by atoms with E-state index in [1.54, 1.807) is 25.3 Å². The van der Waals surface area contributed by atoms with Crippen molar-refractivity contribution in [3.05, 3.63) is 88.4 Å². The highest BCUT2D eigenvalue weighted by atomic mass is 35.5. The number of hydrogen-bond donors (Lipinski definition) is 1. The number of ether oxygens (including phenoxy) is 2. The Morgan fingerprint density at radius 2 is 1.61 bits per heavy atom. The molecule has 0 radical (unpaired) electrons. The molecule has 0 saturated carbocycles. The Morgan fingerprint density at radius 1 is 0.935 bits per heavy atom. The van der Waals surface area contributed by atoms with Gasteiger partial charge < -0.3 is 19.7 Å². The third kappa shape index (κ3) is 6.74. The lowest BCUT2D eigenvalue weighted by Gasteiger charge is -2.13. The number of hydrogen-bond acceptors (Lipinski definition) is 4. The standard InChI is InChI=1S/C25H27ClN2O3/c1-28(2)15-14-18-6-11-22(12-7-18)27-25(29)20-8-13-23(24(16-20)30-3)31-17-19-4-9-21(26)10-5-19/h4-13,16H,14-15,17H2,1-3H3,(H,27,29). The van der Waals surface area contributed by atoms with Crippen LogP contribution in [0, 0.1) is 0 Å². The first-order chi connectivity index (χ1) is 14.9. The Morgan fingerprint density at radius 3 is 2.26 bits per heavy atom. The lowest BCUT2D eigenvalue weighted by atomic mass is 10.1. The number of benzene rings is 3. The van der Waals surface area contributed by atoms with E-state index in [2.05, 4.69) is 24.3 Å². The van der Waals surface area contributed by atoms with Crippen molar-refractivity contribution in [1.82, 2.24) is 4.90 Å². The molecule has 0 fully saturated rings. The number of carbonyl (C=O) groups is 1. The summed E-state index contributed by atoms with van der Waals surface area (Å²) in [5, 5.41) is 3.61. The second-order valence-corrected chi connectivity index (χ2v) is 7.92. The smallest absolute Gasteiger partial charge is 0.255 e. The Bertz CT molecular complexity index is 1000. The van der Waals surface area contributed by atoms with Gasteiger partial charge in [0.2, 0.25) is 0 Å². The van der Waals surface area contributed by atoms with Crippen LogP contribution in [-0.4, -0.2) is 38.6 Å². The number of amides is 1. The SMILES string of the molecule is COc1cc(C(=O)Nc2ccc(CCN(C)C)cc2)ccc1OCc1ccc(Cl)cc1. The minimum atomic E-state index is -0.205. The number of rotatable bonds is 9. The molecule has 0 unspecified atom stereocenters. The Balaban J connectivity index is 1.62. The van der Waals surface area contributed by atoms with Gasteiger partial charge in [0.25, 0.3) is 5.91 Å². The van der Waals surface area contributed by atoms with Crippen LogP contribution in [0.3, 0.4) is 0 Å². The summed E-state index contributed by atoms with van der Waals surface area (Å²) in [6, 6.07) is 20.5. The van der Waals surface area contributed by atoms with E-state index in [0.717, 1.165) is 24.2 Å². The molecule has 31 heavy (non-hydrogen) atoms. The minimum absolute atomic E-state index is 0.205. The number of nitrogens with zero attached hydrogens (tertiary/aromatic N) is 1. The first kappa shape index (κ1) is 22.7. The second-order valence-electron chi connectivity index (χ2n) is 7.49. The Kier molecular flexibility index (Phi) is 7.93. The van der Waals surface area contributed by atoms with Crippen molar-refractivity contribution in [2.24, 2.45) is 0 Å². The predicted octanol–water partition coefficient (Wildman–Crippen LogP) is 5.28. The molecule has 0 aliphatic rings. The summed E-state index contributed by atoms with van der Waals surface area (Å²) >= 11 is 5.91. The molecule has 3 aromatic rings. The number of nitrogens with one attached hydrogen (secondary N) is 1. The van der Waals surface area contributed by atoms with Crippen molar-refractivity contribution in [3.63, 3.8) is 0 Å². The molecule has 0 bridgehead atoms. The Labute approximate surface area is 188 Å². The summed E-state index contributed by atoms with van der Waals surface area (Å²) in [5.41, 5.74) is 3.46. The zero-order valence-corrected chi connectivity index (χ0v) is 18.8. The van der Waals surface area contributed by atoms with Crippen molar-refractivity contribution in [2.45, 2.75) is 13.0 Å². The van der Waals surface area contributed by atoms with E-state index in [4.69, 9.17) is 21.1 Å². The molecule has 0 saturated heterocycles. The molecule has 0 spiro atoms. The van der Waals surface area contributed by atoms with Gasteiger partial charge in [-0.05, 0) is 74.1 Å². The van der Waals surface area contributed by atoms with Crippen LogP contribution in [0.25, 0.3) is 0 Å². The molecule has 0 heterocycles. The number of anilines is 1. The van der Waals surface area contributed by atoms with Gasteiger partial charge in [0.05, 0.1) is 7.11 Å². The van der Waals surface area contributed by atoms with E-state index in [9.17, 15) is 4.79 Å². The van der Waals surface area contributed by atoms with E-state index in [1.807, 2.05) is 48.5 Å². The van der Waals surface area contributed by atoms with E-state index < -0.39 is 0 Å². The fraction of sp³-hybridized carbons (Fsp3) is 0.240. The second kappa shape index (κ2) is 10.8. The van der Waals surface area contributed by atoms with Crippen molar-refractivity contribution < 1.29 is 14.3 Å².